The van der Waals surface area contributed by atoms with E-state index in [1.807, 2.05) is 43.4 Å². The molecule has 0 spiro atoms. The Kier molecular flexibility index (Phi) is 3.93. The average molecular weight is 285 g/mol. The molecule has 21 heavy (non-hydrogen) atoms. The third-order valence-electron chi connectivity index (χ3n) is 3.92. The van der Waals surface area contributed by atoms with E-state index in [2.05, 4.69) is 12.2 Å². The number of nitrogens with one attached hydrogen (secondary N) is 1. The molecule has 0 heterocycles. The van der Waals surface area contributed by atoms with E-state index in [-0.39, 0.29) is 11.9 Å². The first kappa shape index (κ1) is 14.1. The molecule has 0 bridgehead atoms. The van der Waals surface area contributed by atoms with Crippen LogP contribution in [0.3, 0.4) is 0 Å². The minimum Gasteiger partial charge on any atom is -0.490 e. The Morgan fingerprint density at radius 1 is 1.14 bits per heavy atom. The minimum absolute atomic E-state index is 0.196. The molecule has 1 atom stereocenters. The zero-order chi connectivity index (χ0) is 14.8. The Bertz CT molecular complexity index is 620. The first-order chi connectivity index (χ1) is 10.2. The van der Waals surface area contributed by atoms with Gasteiger partial charge in [0, 0.05) is 11.6 Å². The lowest BCUT2D eigenvalue weighted by molar-refractivity contribution is 0.303. The van der Waals surface area contributed by atoms with Crippen molar-refractivity contribution in [3.05, 3.63) is 53.8 Å². The Morgan fingerprint density at radius 2 is 1.86 bits per heavy atom. The van der Waals surface area contributed by atoms with E-state index in [0.717, 1.165) is 29.7 Å². The number of rotatable bonds is 5. The molecule has 0 amide bonds. The van der Waals surface area contributed by atoms with Gasteiger partial charge in [0.05, 0.1) is 6.10 Å². The molecule has 1 unspecified atom stereocenters. The predicted molar refractivity (Wildman–Crippen MR) is 83.0 cm³/mol. The molecule has 1 N–H and O–H groups in total. The maximum absolute atomic E-state index is 14.1. The van der Waals surface area contributed by atoms with Crippen LogP contribution in [-0.2, 0) is 0 Å². The molecule has 0 aliphatic heterocycles. The molecule has 3 heteroatoms. The second-order valence-corrected chi connectivity index (χ2v) is 5.59. The highest BCUT2D eigenvalue weighted by molar-refractivity contribution is 5.65. The number of ether oxygens (including phenoxy) is 1. The van der Waals surface area contributed by atoms with E-state index in [1.165, 1.54) is 6.07 Å². The van der Waals surface area contributed by atoms with Crippen molar-refractivity contribution >= 4 is 0 Å². The summed E-state index contributed by atoms with van der Waals surface area (Å²) in [4.78, 5) is 0. The third-order valence-corrected chi connectivity index (χ3v) is 3.92. The van der Waals surface area contributed by atoms with Crippen LogP contribution < -0.4 is 10.1 Å². The molecule has 110 valence electrons. The van der Waals surface area contributed by atoms with Gasteiger partial charge in [0.1, 0.15) is 11.6 Å². The molecular formula is C18H20FNO. The Labute approximate surface area is 125 Å². The lowest BCUT2D eigenvalue weighted by atomic mass is 9.99. The highest BCUT2D eigenvalue weighted by Crippen LogP contribution is 2.30. The van der Waals surface area contributed by atoms with Gasteiger partial charge in [-0.05, 0) is 62.2 Å². The van der Waals surface area contributed by atoms with Gasteiger partial charge in [0.15, 0.2) is 0 Å². The van der Waals surface area contributed by atoms with Crippen molar-refractivity contribution in [1.82, 2.24) is 5.32 Å². The zero-order valence-electron chi connectivity index (χ0n) is 12.4. The monoisotopic (exact) mass is 285 g/mol. The fourth-order valence-electron chi connectivity index (χ4n) is 2.29. The molecule has 1 aliphatic carbocycles. The van der Waals surface area contributed by atoms with Crippen molar-refractivity contribution in [2.45, 2.75) is 31.9 Å². The van der Waals surface area contributed by atoms with Gasteiger partial charge in [-0.2, -0.15) is 0 Å². The summed E-state index contributed by atoms with van der Waals surface area (Å²) in [7, 11) is 1.90. The number of hydrogen-bond acceptors (Lipinski definition) is 2. The average Bonchev–Trinajstić information content (AvgIpc) is 3.32. The fourth-order valence-corrected chi connectivity index (χ4v) is 2.29. The Balaban J connectivity index is 1.87. The number of hydrogen-bond donors (Lipinski definition) is 1. The quantitative estimate of drug-likeness (QED) is 0.883. The summed E-state index contributed by atoms with van der Waals surface area (Å²) < 4.78 is 19.8. The first-order valence-electron chi connectivity index (χ1n) is 7.41. The molecule has 0 saturated heterocycles. The van der Waals surface area contributed by atoms with E-state index in [1.54, 1.807) is 0 Å². The predicted octanol–water partition coefficient (Wildman–Crippen LogP) is 4.31. The van der Waals surface area contributed by atoms with Gasteiger partial charge in [0.2, 0.25) is 0 Å². The topological polar surface area (TPSA) is 21.3 Å². The maximum atomic E-state index is 14.1. The molecule has 2 nitrogen and oxygen atoms in total. The van der Waals surface area contributed by atoms with Crippen LogP contribution in [0.1, 0.15) is 31.4 Å². The van der Waals surface area contributed by atoms with Crippen LogP contribution in [0.5, 0.6) is 5.75 Å². The molecule has 0 aromatic heterocycles. The summed E-state index contributed by atoms with van der Waals surface area (Å²) in [5.74, 6) is 0.666. The summed E-state index contributed by atoms with van der Waals surface area (Å²) in [6, 6.07) is 13.1. The largest absolute Gasteiger partial charge is 0.490 e. The summed E-state index contributed by atoms with van der Waals surface area (Å²) >= 11 is 0. The van der Waals surface area contributed by atoms with Crippen molar-refractivity contribution in [1.29, 1.82) is 0 Å². The normalized spacial score (nSPS) is 15.8. The van der Waals surface area contributed by atoms with Gasteiger partial charge in [-0.1, -0.05) is 18.2 Å². The first-order valence-corrected chi connectivity index (χ1v) is 7.41. The Morgan fingerprint density at radius 3 is 2.48 bits per heavy atom. The molecule has 1 aliphatic rings. The van der Waals surface area contributed by atoms with Gasteiger partial charge in [0.25, 0.3) is 0 Å². The molecule has 1 saturated carbocycles. The van der Waals surface area contributed by atoms with Crippen LogP contribution in [0.2, 0.25) is 0 Å². The molecule has 1 fully saturated rings. The molecular weight excluding hydrogens is 265 g/mol. The van der Waals surface area contributed by atoms with Crippen molar-refractivity contribution in [2.75, 3.05) is 7.05 Å². The van der Waals surface area contributed by atoms with Crippen molar-refractivity contribution in [3.63, 3.8) is 0 Å². The SMILES string of the molecule is CNC(C)c1ccc(F)c(-c2ccc(OC3CC3)cc2)c1. The standard InChI is InChI=1S/C18H20FNO/c1-12(20-2)14-5-10-18(19)17(11-14)13-3-6-15(7-4-13)21-16-8-9-16/h3-7,10-12,16,20H,8-9H2,1-2H3. The summed E-state index contributed by atoms with van der Waals surface area (Å²) in [6.07, 6.45) is 2.66. The van der Waals surface area contributed by atoms with E-state index >= 15 is 0 Å². The zero-order valence-corrected chi connectivity index (χ0v) is 12.4. The van der Waals surface area contributed by atoms with Crippen LogP contribution in [0.15, 0.2) is 42.5 Å². The molecule has 0 radical (unpaired) electrons. The van der Waals surface area contributed by atoms with Crippen molar-refractivity contribution in [3.8, 4) is 16.9 Å². The van der Waals surface area contributed by atoms with Crippen LogP contribution in [0.25, 0.3) is 11.1 Å². The summed E-state index contributed by atoms with van der Waals surface area (Å²) in [6.45, 7) is 2.06. The van der Waals surface area contributed by atoms with Crippen LogP contribution in [0, 0.1) is 5.82 Å². The van der Waals surface area contributed by atoms with Crippen LogP contribution >= 0.6 is 0 Å². The van der Waals surface area contributed by atoms with Crippen molar-refractivity contribution < 1.29 is 9.13 Å². The maximum Gasteiger partial charge on any atom is 0.131 e. The lowest BCUT2D eigenvalue weighted by Gasteiger charge is -2.13. The fraction of sp³-hybridized carbons (Fsp3) is 0.333. The number of benzene rings is 2. The number of halogens is 1. The van der Waals surface area contributed by atoms with E-state index < -0.39 is 0 Å². The van der Waals surface area contributed by atoms with Gasteiger partial charge in [-0.25, -0.2) is 4.39 Å². The second-order valence-electron chi connectivity index (χ2n) is 5.59. The van der Waals surface area contributed by atoms with Crippen LogP contribution in [0.4, 0.5) is 4.39 Å². The molecule has 2 aromatic carbocycles. The highest BCUT2D eigenvalue weighted by Gasteiger charge is 2.23. The van der Waals surface area contributed by atoms with Gasteiger partial charge in [-0.15, -0.1) is 0 Å². The Hall–Kier alpha value is -1.87. The molecule has 2 aromatic rings. The lowest BCUT2D eigenvalue weighted by Crippen LogP contribution is -2.12. The van der Waals surface area contributed by atoms with Crippen molar-refractivity contribution in [2.24, 2.45) is 0 Å². The van der Waals surface area contributed by atoms with E-state index in [0.29, 0.717) is 11.7 Å². The molecule has 3 rings (SSSR count). The van der Waals surface area contributed by atoms with E-state index in [4.69, 9.17) is 4.74 Å². The van der Waals surface area contributed by atoms with E-state index in [9.17, 15) is 4.39 Å². The second kappa shape index (κ2) is 5.86. The van der Waals surface area contributed by atoms with Crippen LogP contribution in [-0.4, -0.2) is 13.2 Å². The minimum atomic E-state index is -0.196. The summed E-state index contributed by atoms with van der Waals surface area (Å²) in [5, 5.41) is 3.17. The highest BCUT2D eigenvalue weighted by atomic mass is 19.1. The van der Waals surface area contributed by atoms with Gasteiger partial charge < -0.3 is 10.1 Å². The van der Waals surface area contributed by atoms with Gasteiger partial charge in [-0.3, -0.25) is 0 Å². The smallest absolute Gasteiger partial charge is 0.131 e. The van der Waals surface area contributed by atoms with Gasteiger partial charge >= 0.3 is 0 Å². The third kappa shape index (κ3) is 3.24. The summed E-state index contributed by atoms with van der Waals surface area (Å²) in [5.41, 5.74) is 2.58.